The Morgan fingerprint density at radius 3 is 2.28 bits per heavy atom. The number of rotatable bonds is 8. The standard InChI is InChI=1S/C23H23Br2N3O8/c1-10-17(23(29)27-26-8-11-6-12(30-2)19(32-4)13(7-11)31-3)28-36-18(10)14-15(24)20(33-5)22-21(16(14)25)34-9-35-22/h6-8,10,18H,9H2,1-5H3,(H,27,29). The van der Waals surface area contributed by atoms with Crippen LogP contribution in [0.1, 0.15) is 24.2 Å². The molecule has 0 saturated carbocycles. The Morgan fingerprint density at radius 1 is 1.03 bits per heavy atom. The topological polar surface area (TPSA) is 118 Å². The molecule has 2 aliphatic heterocycles. The number of ether oxygens (including phenoxy) is 6. The summed E-state index contributed by atoms with van der Waals surface area (Å²) in [6.45, 7) is 1.89. The summed E-state index contributed by atoms with van der Waals surface area (Å²) in [6, 6.07) is 3.40. The Balaban J connectivity index is 1.51. The highest BCUT2D eigenvalue weighted by atomic mass is 79.9. The van der Waals surface area contributed by atoms with Crippen molar-refractivity contribution in [1.82, 2.24) is 5.43 Å². The van der Waals surface area contributed by atoms with E-state index in [4.69, 9.17) is 33.3 Å². The number of amides is 1. The van der Waals surface area contributed by atoms with Gasteiger partial charge in [-0.15, -0.1) is 0 Å². The number of carbonyl (C=O) groups excluding carboxylic acids is 1. The molecule has 0 aliphatic carbocycles. The third kappa shape index (κ3) is 4.52. The number of methoxy groups -OCH3 is 4. The van der Waals surface area contributed by atoms with Crippen molar-refractivity contribution >= 4 is 49.7 Å². The third-order valence-electron chi connectivity index (χ3n) is 5.63. The summed E-state index contributed by atoms with van der Waals surface area (Å²) in [5.41, 5.74) is 3.97. The number of nitrogens with one attached hydrogen (secondary N) is 1. The molecule has 0 fully saturated rings. The normalized spacial score (nSPS) is 18.0. The highest BCUT2D eigenvalue weighted by molar-refractivity contribution is 9.11. The SMILES string of the molecule is COc1cc(C=NNC(=O)C2=NOC(c3c(Br)c(OC)c4c(c3Br)OCO4)C2C)cc(OC)c1OC. The molecular weight excluding hydrogens is 606 g/mol. The van der Waals surface area contributed by atoms with E-state index in [0.29, 0.717) is 54.6 Å². The molecule has 2 aliphatic rings. The average molecular weight is 629 g/mol. The second kappa shape index (κ2) is 10.8. The molecule has 2 aromatic carbocycles. The number of hydrogen-bond donors (Lipinski definition) is 1. The van der Waals surface area contributed by atoms with Gasteiger partial charge in [-0.25, -0.2) is 5.43 Å². The molecule has 0 spiro atoms. The summed E-state index contributed by atoms with van der Waals surface area (Å²) >= 11 is 7.13. The molecule has 0 aromatic heterocycles. The van der Waals surface area contributed by atoms with E-state index in [0.717, 1.165) is 0 Å². The van der Waals surface area contributed by atoms with Crippen LogP contribution in [0.15, 0.2) is 31.3 Å². The van der Waals surface area contributed by atoms with Gasteiger partial charge in [0.2, 0.25) is 18.3 Å². The predicted octanol–water partition coefficient (Wildman–Crippen LogP) is 4.19. The lowest BCUT2D eigenvalue weighted by molar-refractivity contribution is -0.115. The van der Waals surface area contributed by atoms with E-state index in [-0.39, 0.29) is 12.5 Å². The van der Waals surface area contributed by atoms with Gasteiger partial charge in [-0.1, -0.05) is 12.1 Å². The molecule has 2 unspecified atom stereocenters. The van der Waals surface area contributed by atoms with Crippen LogP contribution in [0.25, 0.3) is 0 Å². The number of hydrazone groups is 1. The zero-order valence-corrected chi connectivity index (χ0v) is 23.2. The van der Waals surface area contributed by atoms with Crippen molar-refractivity contribution in [2.45, 2.75) is 13.0 Å². The second-order valence-electron chi connectivity index (χ2n) is 7.59. The van der Waals surface area contributed by atoms with Crippen LogP contribution in [-0.4, -0.2) is 53.1 Å². The van der Waals surface area contributed by atoms with Crippen molar-refractivity contribution < 1.29 is 38.1 Å². The minimum atomic E-state index is -0.600. The zero-order chi connectivity index (χ0) is 26.0. The van der Waals surface area contributed by atoms with E-state index in [2.05, 4.69) is 47.5 Å². The van der Waals surface area contributed by atoms with Crippen molar-refractivity contribution in [2.75, 3.05) is 35.2 Å². The first-order valence-corrected chi connectivity index (χ1v) is 12.2. The number of halogens is 2. The van der Waals surface area contributed by atoms with Gasteiger partial charge in [0.05, 0.1) is 49.5 Å². The van der Waals surface area contributed by atoms with Crippen LogP contribution in [0.3, 0.4) is 0 Å². The maximum absolute atomic E-state index is 12.9. The van der Waals surface area contributed by atoms with Crippen LogP contribution in [0.2, 0.25) is 0 Å². The van der Waals surface area contributed by atoms with Gasteiger partial charge < -0.3 is 33.3 Å². The lowest BCUT2D eigenvalue weighted by Gasteiger charge is -2.20. The average Bonchev–Trinajstić information content (AvgIpc) is 3.51. The monoisotopic (exact) mass is 627 g/mol. The highest BCUT2D eigenvalue weighted by Crippen LogP contribution is 2.55. The minimum Gasteiger partial charge on any atom is -0.493 e. The Labute approximate surface area is 223 Å². The van der Waals surface area contributed by atoms with Crippen LogP contribution in [0.4, 0.5) is 0 Å². The molecule has 0 radical (unpaired) electrons. The van der Waals surface area contributed by atoms with Gasteiger partial charge in [-0.3, -0.25) is 4.79 Å². The van der Waals surface area contributed by atoms with Gasteiger partial charge >= 0.3 is 0 Å². The fourth-order valence-corrected chi connectivity index (χ4v) is 5.61. The van der Waals surface area contributed by atoms with Gasteiger partial charge in [0.25, 0.3) is 5.91 Å². The summed E-state index contributed by atoms with van der Waals surface area (Å²) < 4.78 is 33.8. The van der Waals surface area contributed by atoms with E-state index in [1.54, 1.807) is 12.1 Å². The first-order chi connectivity index (χ1) is 17.4. The van der Waals surface area contributed by atoms with E-state index in [1.165, 1.54) is 34.7 Å². The summed E-state index contributed by atoms with van der Waals surface area (Å²) in [5.74, 6) is 1.89. The predicted molar refractivity (Wildman–Crippen MR) is 137 cm³/mol. The van der Waals surface area contributed by atoms with Crippen LogP contribution in [0, 0.1) is 5.92 Å². The molecule has 2 atom stereocenters. The lowest BCUT2D eigenvalue weighted by atomic mass is 9.93. The number of benzene rings is 2. The molecule has 0 saturated heterocycles. The maximum Gasteiger partial charge on any atom is 0.289 e. The quantitative estimate of drug-likeness (QED) is 0.342. The first kappa shape index (κ1) is 25.9. The third-order valence-corrected chi connectivity index (χ3v) is 7.20. The fraction of sp³-hybridized carbons (Fsp3) is 0.348. The van der Waals surface area contributed by atoms with Gasteiger partial charge in [-0.05, 0) is 44.0 Å². The number of oxime groups is 1. The smallest absolute Gasteiger partial charge is 0.289 e. The number of carbonyl (C=O) groups is 1. The van der Waals surface area contributed by atoms with Crippen molar-refractivity contribution in [2.24, 2.45) is 16.2 Å². The molecule has 1 amide bonds. The van der Waals surface area contributed by atoms with Gasteiger partial charge in [0.15, 0.2) is 34.8 Å². The Hall–Kier alpha value is -3.19. The lowest BCUT2D eigenvalue weighted by Crippen LogP contribution is -2.31. The van der Waals surface area contributed by atoms with Gasteiger partial charge in [0.1, 0.15) is 0 Å². The second-order valence-corrected chi connectivity index (χ2v) is 9.17. The Morgan fingerprint density at radius 2 is 1.67 bits per heavy atom. The molecule has 2 aromatic rings. The van der Waals surface area contributed by atoms with E-state index < -0.39 is 17.9 Å². The molecule has 11 nitrogen and oxygen atoms in total. The largest absolute Gasteiger partial charge is 0.493 e. The molecule has 13 heteroatoms. The van der Waals surface area contributed by atoms with Gasteiger partial charge in [0, 0.05) is 11.1 Å². The van der Waals surface area contributed by atoms with E-state index in [9.17, 15) is 4.79 Å². The van der Waals surface area contributed by atoms with E-state index in [1.807, 2.05) is 6.92 Å². The van der Waals surface area contributed by atoms with Crippen LogP contribution < -0.4 is 33.8 Å². The first-order valence-electron chi connectivity index (χ1n) is 10.6. The van der Waals surface area contributed by atoms with Crippen molar-refractivity contribution in [3.63, 3.8) is 0 Å². The van der Waals surface area contributed by atoms with E-state index >= 15 is 0 Å². The fourth-order valence-electron chi connectivity index (χ4n) is 3.86. The zero-order valence-electron chi connectivity index (χ0n) is 20.0. The molecular formula is C23H23Br2N3O8. The minimum absolute atomic E-state index is 0.0648. The highest BCUT2D eigenvalue weighted by Gasteiger charge is 2.41. The summed E-state index contributed by atoms with van der Waals surface area (Å²) in [5, 5.41) is 8.07. The molecule has 1 N–H and O–H groups in total. The molecule has 2 heterocycles. The van der Waals surface area contributed by atoms with Crippen LogP contribution in [0.5, 0.6) is 34.5 Å². The molecule has 0 bridgehead atoms. The summed E-state index contributed by atoms with van der Waals surface area (Å²) in [4.78, 5) is 18.5. The maximum atomic E-state index is 12.9. The van der Waals surface area contributed by atoms with Crippen molar-refractivity contribution in [3.05, 3.63) is 32.2 Å². The number of nitrogens with zero attached hydrogens (tertiary/aromatic N) is 2. The number of fused-ring (bicyclic) bond motifs is 1. The Kier molecular flexibility index (Phi) is 7.79. The summed E-state index contributed by atoms with van der Waals surface area (Å²) in [7, 11) is 6.08. The van der Waals surface area contributed by atoms with Crippen LogP contribution in [-0.2, 0) is 9.63 Å². The molecule has 4 rings (SSSR count). The van der Waals surface area contributed by atoms with Crippen LogP contribution >= 0.6 is 31.9 Å². The molecule has 192 valence electrons. The number of hydrogen-bond acceptors (Lipinski definition) is 10. The Bertz CT molecular complexity index is 1230. The van der Waals surface area contributed by atoms with Gasteiger partial charge in [-0.2, -0.15) is 5.10 Å². The van der Waals surface area contributed by atoms with Crippen molar-refractivity contribution in [1.29, 1.82) is 0 Å². The molecule has 36 heavy (non-hydrogen) atoms. The van der Waals surface area contributed by atoms with Crippen molar-refractivity contribution in [3.8, 4) is 34.5 Å². The summed E-state index contributed by atoms with van der Waals surface area (Å²) in [6.07, 6.45) is 0.855.